The fourth-order valence-electron chi connectivity index (χ4n) is 5.87. The van der Waals surface area contributed by atoms with Gasteiger partial charge in [0.2, 0.25) is 0 Å². The molecule has 1 amide bonds. The number of fused-ring (bicyclic) bond motifs is 1. The van der Waals surface area contributed by atoms with E-state index in [-0.39, 0.29) is 17.0 Å². The molecule has 0 bridgehead atoms. The minimum Gasteiger partial charge on any atom is -0.497 e. The van der Waals surface area contributed by atoms with E-state index in [4.69, 9.17) is 14.5 Å². The number of hydrogen-bond donors (Lipinski definition) is 1. The predicted octanol–water partition coefficient (Wildman–Crippen LogP) is 4.23. The van der Waals surface area contributed by atoms with Crippen molar-refractivity contribution in [2.45, 2.75) is 40.7 Å². The van der Waals surface area contributed by atoms with Gasteiger partial charge in [0.1, 0.15) is 17.5 Å². The lowest BCUT2D eigenvalue weighted by atomic mass is 9.93. The van der Waals surface area contributed by atoms with Crippen LogP contribution in [-0.4, -0.2) is 58.3 Å². The summed E-state index contributed by atoms with van der Waals surface area (Å²) in [6, 6.07) is 13.2. The molecule has 234 valence electrons. The third kappa shape index (κ3) is 5.59. The Balaban J connectivity index is 1.74. The van der Waals surface area contributed by atoms with Gasteiger partial charge in [-0.15, -0.1) is 0 Å². The molecule has 0 unspecified atom stereocenters. The molecule has 45 heavy (non-hydrogen) atoms. The molecule has 0 saturated carbocycles. The Morgan fingerprint density at radius 2 is 1.78 bits per heavy atom. The number of likely N-dealkylation sites (N-methyl/N-ethyl adjacent to an activating group) is 1. The van der Waals surface area contributed by atoms with E-state index in [9.17, 15) is 19.5 Å². The minimum atomic E-state index is -1.00. The van der Waals surface area contributed by atoms with Gasteiger partial charge in [0.05, 0.1) is 35.6 Å². The third-order valence-corrected chi connectivity index (χ3v) is 9.13. The van der Waals surface area contributed by atoms with Crippen LogP contribution in [0.1, 0.15) is 59.7 Å². The molecular weight excluding hydrogens is 592 g/mol. The number of allylic oxidation sites excluding steroid dienone is 1. The van der Waals surface area contributed by atoms with Crippen molar-refractivity contribution in [3.8, 4) is 17.2 Å². The second-order valence-electron chi connectivity index (χ2n) is 10.7. The van der Waals surface area contributed by atoms with E-state index < -0.39 is 12.0 Å². The Morgan fingerprint density at radius 3 is 2.42 bits per heavy atom. The maximum absolute atomic E-state index is 14.3. The highest BCUT2D eigenvalue weighted by molar-refractivity contribution is 7.07. The number of methoxy groups -OCH3 is 2. The standard InChI is InChI=1S/C34H36N4O6S/c1-8-36(9-2)32(40)29-20(4)35-34-38(30(29)26-18-25(43-6)13-14-27(26)44-7)31(39)28(45-34)17-23-15-19(3)37(21(23)5)24-12-10-11-22(16-24)33(41)42/h10-18,30H,8-9H2,1-7H3,(H,41,42)/b28-17+/t30-/m0/s1. The SMILES string of the molecule is CCN(CC)C(=O)C1=C(C)N=c2s/c(=C/c3cc(C)n(-c4cccc(C(=O)O)c4)c3C)c(=O)n2[C@H]1c1cc(OC)ccc1OC. The van der Waals surface area contributed by atoms with Gasteiger partial charge in [0, 0.05) is 35.7 Å². The van der Waals surface area contributed by atoms with Gasteiger partial charge in [-0.25, -0.2) is 9.79 Å². The zero-order valence-electron chi connectivity index (χ0n) is 26.4. The van der Waals surface area contributed by atoms with Crippen LogP contribution in [0, 0.1) is 13.8 Å². The lowest BCUT2D eigenvalue weighted by Gasteiger charge is -2.30. The molecule has 1 aliphatic rings. The zero-order valence-corrected chi connectivity index (χ0v) is 27.2. The molecule has 2 aromatic carbocycles. The number of nitrogens with zero attached hydrogens (tertiary/aromatic N) is 4. The Morgan fingerprint density at radius 1 is 1.04 bits per heavy atom. The highest BCUT2D eigenvalue weighted by Gasteiger charge is 2.36. The lowest BCUT2D eigenvalue weighted by molar-refractivity contribution is -0.127. The number of benzene rings is 2. The first kappa shape index (κ1) is 31.5. The molecule has 5 rings (SSSR count). The van der Waals surface area contributed by atoms with E-state index in [0.29, 0.717) is 56.4 Å². The van der Waals surface area contributed by atoms with E-state index in [1.54, 1.807) is 67.0 Å². The van der Waals surface area contributed by atoms with Crippen LogP contribution in [0.2, 0.25) is 0 Å². The van der Waals surface area contributed by atoms with E-state index in [0.717, 1.165) is 17.0 Å². The molecule has 0 spiro atoms. The fraction of sp³-hybridized carbons (Fsp3) is 0.294. The van der Waals surface area contributed by atoms with Gasteiger partial charge in [-0.05, 0) is 88.7 Å². The molecule has 4 aromatic rings. The number of aryl methyl sites for hydroxylation is 1. The molecule has 0 fully saturated rings. The highest BCUT2D eigenvalue weighted by Crippen LogP contribution is 2.38. The predicted molar refractivity (Wildman–Crippen MR) is 173 cm³/mol. The Labute approximate surface area is 264 Å². The molecule has 0 saturated heterocycles. The molecule has 3 heterocycles. The number of carbonyl (C=O) groups excluding carboxylic acids is 1. The van der Waals surface area contributed by atoms with Gasteiger partial charge in [0.25, 0.3) is 11.5 Å². The topological polar surface area (TPSA) is 115 Å². The summed E-state index contributed by atoms with van der Waals surface area (Å²) in [6.45, 7) is 10.5. The van der Waals surface area contributed by atoms with Gasteiger partial charge in [-0.3, -0.25) is 14.2 Å². The molecule has 2 aromatic heterocycles. The number of carboxylic acids is 1. The first-order valence-corrected chi connectivity index (χ1v) is 15.4. The largest absolute Gasteiger partial charge is 0.497 e. The van der Waals surface area contributed by atoms with E-state index in [1.807, 2.05) is 50.5 Å². The van der Waals surface area contributed by atoms with Crippen molar-refractivity contribution in [3.05, 3.63) is 108 Å². The van der Waals surface area contributed by atoms with E-state index in [1.165, 1.54) is 11.3 Å². The van der Waals surface area contributed by atoms with Crippen molar-refractivity contribution >= 4 is 29.3 Å². The Hall–Kier alpha value is -4.90. The Kier molecular flexibility index (Phi) is 8.83. The van der Waals surface area contributed by atoms with E-state index in [2.05, 4.69) is 0 Å². The molecule has 10 nitrogen and oxygen atoms in total. The first-order chi connectivity index (χ1) is 21.5. The van der Waals surface area contributed by atoms with Gasteiger partial charge >= 0.3 is 5.97 Å². The molecular formula is C34H36N4O6S. The van der Waals surface area contributed by atoms with Crippen molar-refractivity contribution in [1.29, 1.82) is 0 Å². The number of hydrogen-bond acceptors (Lipinski definition) is 7. The quantitative estimate of drug-likeness (QED) is 0.297. The van der Waals surface area contributed by atoms with Gasteiger partial charge in [-0.1, -0.05) is 17.4 Å². The summed E-state index contributed by atoms with van der Waals surface area (Å²) in [5.74, 6) is -0.117. The molecule has 1 atom stereocenters. The number of ether oxygens (including phenoxy) is 2. The monoisotopic (exact) mass is 628 g/mol. The van der Waals surface area contributed by atoms with Crippen LogP contribution in [-0.2, 0) is 4.79 Å². The average Bonchev–Trinajstić information content (AvgIpc) is 3.49. The number of carbonyl (C=O) groups is 2. The van der Waals surface area contributed by atoms with Crippen LogP contribution in [0.5, 0.6) is 11.5 Å². The molecule has 0 aliphatic carbocycles. The Bertz CT molecular complexity index is 2030. The van der Waals surface area contributed by atoms with Crippen LogP contribution >= 0.6 is 11.3 Å². The van der Waals surface area contributed by atoms with Crippen LogP contribution in [0.3, 0.4) is 0 Å². The summed E-state index contributed by atoms with van der Waals surface area (Å²) in [6.07, 6.45) is 1.83. The summed E-state index contributed by atoms with van der Waals surface area (Å²) in [5.41, 5.74) is 4.71. The number of carboxylic acid groups (broad SMARTS) is 1. The molecule has 0 radical (unpaired) electrons. The number of aromatic nitrogens is 2. The second kappa shape index (κ2) is 12.6. The minimum absolute atomic E-state index is 0.188. The zero-order chi connectivity index (χ0) is 32.6. The maximum atomic E-state index is 14.3. The third-order valence-electron chi connectivity index (χ3n) is 8.14. The van der Waals surface area contributed by atoms with Gasteiger partial charge < -0.3 is 24.0 Å². The second-order valence-corrected chi connectivity index (χ2v) is 11.7. The van der Waals surface area contributed by atoms with Gasteiger partial charge in [-0.2, -0.15) is 0 Å². The maximum Gasteiger partial charge on any atom is 0.335 e. The number of amides is 1. The van der Waals surface area contributed by atoms with Crippen molar-refractivity contribution in [2.24, 2.45) is 4.99 Å². The summed E-state index contributed by atoms with van der Waals surface area (Å²) in [7, 11) is 3.12. The smallest absolute Gasteiger partial charge is 0.335 e. The van der Waals surface area contributed by atoms with Crippen LogP contribution < -0.4 is 24.4 Å². The normalized spacial score (nSPS) is 14.6. The van der Waals surface area contributed by atoms with Gasteiger partial charge in [0.15, 0.2) is 4.80 Å². The van der Waals surface area contributed by atoms with Crippen molar-refractivity contribution in [3.63, 3.8) is 0 Å². The van der Waals surface area contributed by atoms with E-state index >= 15 is 0 Å². The van der Waals surface area contributed by atoms with Crippen molar-refractivity contribution in [1.82, 2.24) is 14.0 Å². The molecule has 11 heteroatoms. The number of aromatic carboxylic acids is 1. The van der Waals surface area contributed by atoms with Crippen LogP contribution in [0.25, 0.3) is 11.8 Å². The average molecular weight is 629 g/mol. The number of rotatable bonds is 9. The molecule has 1 aliphatic heterocycles. The van der Waals surface area contributed by atoms with Crippen molar-refractivity contribution in [2.75, 3.05) is 27.3 Å². The lowest BCUT2D eigenvalue weighted by Crippen LogP contribution is -2.43. The summed E-state index contributed by atoms with van der Waals surface area (Å²) in [4.78, 5) is 46.9. The fourth-order valence-corrected chi connectivity index (χ4v) is 6.91. The first-order valence-electron chi connectivity index (χ1n) is 14.6. The van der Waals surface area contributed by atoms with Crippen LogP contribution in [0.15, 0.2) is 69.6 Å². The highest BCUT2D eigenvalue weighted by atomic mass is 32.1. The number of thiazole rings is 1. The summed E-state index contributed by atoms with van der Waals surface area (Å²) >= 11 is 1.25. The summed E-state index contributed by atoms with van der Waals surface area (Å²) < 4.78 is 15.3. The molecule has 1 N–H and O–H groups in total. The van der Waals surface area contributed by atoms with Crippen LogP contribution in [0.4, 0.5) is 0 Å². The van der Waals surface area contributed by atoms with Crippen molar-refractivity contribution < 1.29 is 24.2 Å². The summed E-state index contributed by atoms with van der Waals surface area (Å²) in [5, 5.41) is 9.50.